The van der Waals surface area contributed by atoms with Gasteiger partial charge in [0.1, 0.15) is 11.6 Å². The molecule has 90 valence electrons. The summed E-state index contributed by atoms with van der Waals surface area (Å²) < 4.78 is 4.94. The van der Waals surface area contributed by atoms with Crippen LogP contribution < -0.4 is 5.32 Å². The molecule has 0 aliphatic heterocycles. The zero-order chi connectivity index (χ0) is 12.8. The molecule has 0 aromatic rings. The lowest BCUT2D eigenvalue weighted by molar-refractivity contribution is -0.139. The Hall–Kier alpha value is -1.74. The Morgan fingerprint density at radius 3 is 2.50 bits per heavy atom. The lowest BCUT2D eigenvalue weighted by Crippen LogP contribution is -2.43. The average molecular weight is 227 g/mol. The lowest BCUT2D eigenvalue weighted by atomic mass is 10.2. The Morgan fingerprint density at radius 2 is 2.12 bits per heavy atom. The zero-order valence-electron chi connectivity index (χ0n) is 9.74. The number of carboxylic acids is 1. The van der Waals surface area contributed by atoms with Crippen molar-refractivity contribution in [2.24, 2.45) is 0 Å². The van der Waals surface area contributed by atoms with Gasteiger partial charge in [-0.05, 0) is 26.8 Å². The van der Waals surface area contributed by atoms with Crippen LogP contribution in [0.5, 0.6) is 0 Å². The van der Waals surface area contributed by atoms with E-state index in [2.05, 4.69) is 17.6 Å². The first-order valence-electron chi connectivity index (χ1n) is 4.83. The van der Waals surface area contributed by atoms with Crippen molar-refractivity contribution in [3.8, 4) is 0 Å². The molecule has 16 heavy (non-hydrogen) atoms. The Kier molecular flexibility index (Phi) is 5.33. The van der Waals surface area contributed by atoms with Gasteiger partial charge in [-0.2, -0.15) is 0 Å². The van der Waals surface area contributed by atoms with Gasteiger partial charge >= 0.3 is 12.1 Å². The third-order valence-electron chi connectivity index (χ3n) is 1.49. The van der Waals surface area contributed by atoms with E-state index in [9.17, 15) is 9.59 Å². The summed E-state index contributed by atoms with van der Waals surface area (Å²) in [6.07, 6.45) is 0.811. The Labute approximate surface area is 94.8 Å². The Morgan fingerprint density at radius 1 is 1.56 bits per heavy atom. The van der Waals surface area contributed by atoms with Gasteiger partial charge in [-0.25, -0.2) is 9.59 Å². The van der Waals surface area contributed by atoms with E-state index in [1.807, 2.05) is 0 Å². The molecule has 5 heteroatoms. The summed E-state index contributed by atoms with van der Waals surface area (Å²) in [6, 6.07) is -1.02. The number of aliphatic carboxylic acids is 1. The number of amides is 1. The molecule has 0 saturated heterocycles. The van der Waals surface area contributed by atoms with Gasteiger partial charge in [-0.15, -0.1) is 5.73 Å². The molecule has 0 aromatic heterocycles. The monoisotopic (exact) mass is 227 g/mol. The van der Waals surface area contributed by atoms with Crippen molar-refractivity contribution < 1.29 is 19.4 Å². The van der Waals surface area contributed by atoms with Crippen LogP contribution in [0.2, 0.25) is 0 Å². The summed E-state index contributed by atoms with van der Waals surface area (Å²) in [5.41, 5.74) is 1.79. The highest BCUT2D eigenvalue weighted by molar-refractivity contribution is 5.80. The summed E-state index contributed by atoms with van der Waals surface area (Å²) in [5, 5.41) is 11.1. The quantitative estimate of drug-likeness (QED) is 0.717. The minimum Gasteiger partial charge on any atom is -0.480 e. The smallest absolute Gasteiger partial charge is 0.408 e. The van der Waals surface area contributed by atoms with Crippen molar-refractivity contribution in [1.29, 1.82) is 0 Å². The van der Waals surface area contributed by atoms with E-state index in [0.717, 1.165) is 0 Å². The van der Waals surface area contributed by atoms with Gasteiger partial charge < -0.3 is 15.2 Å². The number of carboxylic acid groups (broad SMARTS) is 1. The summed E-state index contributed by atoms with van der Waals surface area (Å²) in [6.45, 7) is 8.41. The van der Waals surface area contributed by atoms with Crippen LogP contribution in [-0.2, 0) is 9.53 Å². The summed E-state index contributed by atoms with van der Waals surface area (Å²) >= 11 is 0. The standard InChI is InChI=1S/C11H17NO4/c1-5-6-7-8(9(13)14)12-10(15)16-11(2,3)4/h6,8H,1,7H2,2-4H3,(H,12,15)(H,13,14). The molecule has 0 saturated carbocycles. The molecule has 0 spiro atoms. The molecular weight excluding hydrogens is 210 g/mol. The van der Waals surface area contributed by atoms with E-state index in [1.165, 1.54) is 6.08 Å². The van der Waals surface area contributed by atoms with Crippen LogP contribution in [0.1, 0.15) is 27.2 Å². The average Bonchev–Trinajstić information content (AvgIpc) is 2.08. The molecule has 0 bridgehead atoms. The number of ether oxygens (including phenoxy) is 1. The molecule has 5 nitrogen and oxygen atoms in total. The van der Waals surface area contributed by atoms with Gasteiger partial charge in [0.15, 0.2) is 0 Å². The summed E-state index contributed by atoms with van der Waals surface area (Å²) in [5.74, 6) is -1.13. The fourth-order valence-corrected chi connectivity index (χ4v) is 0.872. The summed E-state index contributed by atoms with van der Waals surface area (Å²) in [7, 11) is 0. The second-order valence-electron chi connectivity index (χ2n) is 4.18. The predicted molar refractivity (Wildman–Crippen MR) is 59.1 cm³/mol. The van der Waals surface area contributed by atoms with E-state index in [4.69, 9.17) is 9.84 Å². The predicted octanol–water partition coefficient (Wildman–Crippen LogP) is 1.70. The van der Waals surface area contributed by atoms with Crippen molar-refractivity contribution in [2.75, 3.05) is 0 Å². The molecule has 0 heterocycles. The van der Waals surface area contributed by atoms with Crippen molar-refractivity contribution in [2.45, 2.75) is 38.8 Å². The van der Waals surface area contributed by atoms with Crippen molar-refractivity contribution in [1.82, 2.24) is 5.32 Å². The van der Waals surface area contributed by atoms with Crippen LogP contribution >= 0.6 is 0 Å². The minimum atomic E-state index is -1.13. The number of hydrogen-bond donors (Lipinski definition) is 2. The SMILES string of the molecule is C=C=CCC(NC(=O)OC(C)(C)C)C(=O)O. The van der Waals surface area contributed by atoms with Crippen LogP contribution in [-0.4, -0.2) is 28.8 Å². The van der Waals surface area contributed by atoms with Gasteiger partial charge in [0.25, 0.3) is 0 Å². The van der Waals surface area contributed by atoms with Crippen molar-refractivity contribution >= 4 is 12.1 Å². The first-order valence-corrected chi connectivity index (χ1v) is 4.83. The van der Waals surface area contributed by atoms with Crippen LogP contribution in [0, 0.1) is 0 Å². The molecular formula is C11H17NO4. The molecule has 0 aromatic carbocycles. The molecule has 1 amide bonds. The van der Waals surface area contributed by atoms with Crippen LogP contribution in [0.25, 0.3) is 0 Å². The van der Waals surface area contributed by atoms with Gasteiger partial charge in [0.05, 0.1) is 0 Å². The van der Waals surface area contributed by atoms with E-state index < -0.39 is 23.7 Å². The molecule has 1 atom stereocenters. The lowest BCUT2D eigenvalue weighted by Gasteiger charge is -2.21. The highest BCUT2D eigenvalue weighted by Gasteiger charge is 2.22. The van der Waals surface area contributed by atoms with Crippen LogP contribution in [0.15, 0.2) is 18.4 Å². The second kappa shape index (κ2) is 5.98. The maximum atomic E-state index is 11.3. The number of hydrogen-bond acceptors (Lipinski definition) is 3. The topological polar surface area (TPSA) is 75.6 Å². The van der Waals surface area contributed by atoms with E-state index in [-0.39, 0.29) is 6.42 Å². The van der Waals surface area contributed by atoms with Gasteiger partial charge in [0.2, 0.25) is 0 Å². The molecule has 2 N–H and O–H groups in total. The second-order valence-corrected chi connectivity index (χ2v) is 4.18. The number of carbonyl (C=O) groups excluding carboxylic acids is 1. The number of rotatable bonds is 4. The minimum absolute atomic E-state index is 0.123. The molecule has 1 unspecified atom stereocenters. The van der Waals surface area contributed by atoms with E-state index in [0.29, 0.717) is 0 Å². The van der Waals surface area contributed by atoms with Gasteiger partial charge in [-0.3, -0.25) is 0 Å². The number of alkyl carbamates (subject to hydrolysis) is 1. The Bertz CT molecular complexity index is 310. The number of nitrogens with one attached hydrogen (secondary N) is 1. The molecule has 0 fully saturated rings. The maximum absolute atomic E-state index is 11.3. The third kappa shape index (κ3) is 6.68. The Balaban J connectivity index is 4.35. The van der Waals surface area contributed by atoms with Crippen molar-refractivity contribution in [3.63, 3.8) is 0 Å². The highest BCUT2D eigenvalue weighted by Crippen LogP contribution is 2.07. The zero-order valence-corrected chi connectivity index (χ0v) is 9.74. The first-order chi connectivity index (χ1) is 7.26. The largest absolute Gasteiger partial charge is 0.480 e. The fourth-order valence-electron chi connectivity index (χ4n) is 0.872. The number of carbonyl (C=O) groups is 2. The van der Waals surface area contributed by atoms with Crippen molar-refractivity contribution in [3.05, 3.63) is 18.4 Å². The maximum Gasteiger partial charge on any atom is 0.408 e. The van der Waals surface area contributed by atoms with Gasteiger partial charge in [-0.1, -0.05) is 6.58 Å². The van der Waals surface area contributed by atoms with E-state index in [1.54, 1.807) is 20.8 Å². The van der Waals surface area contributed by atoms with E-state index >= 15 is 0 Å². The first kappa shape index (κ1) is 14.3. The van der Waals surface area contributed by atoms with Crippen LogP contribution in [0.3, 0.4) is 0 Å². The third-order valence-corrected chi connectivity index (χ3v) is 1.49. The molecule has 0 rings (SSSR count). The van der Waals surface area contributed by atoms with Crippen LogP contribution in [0.4, 0.5) is 4.79 Å². The fraction of sp³-hybridized carbons (Fsp3) is 0.545. The highest BCUT2D eigenvalue weighted by atomic mass is 16.6. The van der Waals surface area contributed by atoms with Gasteiger partial charge in [0, 0.05) is 6.42 Å². The normalized spacial score (nSPS) is 12.2. The summed E-state index contributed by atoms with van der Waals surface area (Å²) in [4.78, 5) is 22.1. The molecule has 0 radical (unpaired) electrons. The molecule has 0 aliphatic rings. The molecule has 0 aliphatic carbocycles.